The number of allylic oxidation sites excluding steroid dienone is 4. The van der Waals surface area contributed by atoms with Crippen LogP contribution in [0.15, 0.2) is 279 Å². The minimum atomic E-state index is -0.477. The van der Waals surface area contributed by atoms with Crippen molar-refractivity contribution in [2.75, 3.05) is 9.80 Å². The molecule has 1 aliphatic carbocycles. The molecule has 18 heteroatoms. The molecule has 0 radical (unpaired) electrons. The van der Waals surface area contributed by atoms with E-state index in [0.717, 1.165) is 143 Å². The molecule has 0 bridgehead atoms. The van der Waals surface area contributed by atoms with Crippen LogP contribution in [0.25, 0.3) is 82.0 Å². The number of nitriles is 4. The second-order valence-corrected chi connectivity index (χ2v) is 29.1. The average Bonchev–Trinajstić information content (AvgIpc) is 1.56. The summed E-state index contributed by atoms with van der Waals surface area (Å²) >= 11 is 0. The molecule has 0 heterocycles. The number of nitrogens with zero attached hydrogens (tertiary/aromatic N) is 10. The van der Waals surface area contributed by atoms with Crippen LogP contribution in [-0.4, -0.2) is 19.7 Å². The highest BCUT2D eigenvalue weighted by molar-refractivity contribution is 5.95. The minimum Gasteiger partial charge on any atom is -0.311 e. The van der Waals surface area contributed by atoms with Gasteiger partial charge in [-0.05, 0) is 247 Å². The number of anilines is 6. The first-order valence-corrected chi connectivity index (χ1v) is 39.3. The van der Waals surface area contributed by atoms with Crippen LogP contribution in [-0.2, 0) is 5.41 Å². The Bertz CT molecular complexity index is 5490. The lowest BCUT2D eigenvalue weighted by atomic mass is 9.70. The monoisotopic (exact) mass is 1560 g/mol. The predicted octanol–water partition coefficient (Wildman–Crippen LogP) is 27.1. The van der Waals surface area contributed by atoms with Gasteiger partial charge in [0, 0.05) is 88.1 Å². The molecule has 12 aromatic carbocycles. The third-order valence-corrected chi connectivity index (χ3v) is 21.4. The molecule has 0 spiro atoms. The van der Waals surface area contributed by atoms with E-state index in [0.29, 0.717) is 44.5 Å². The van der Waals surface area contributed by atoms with Gasteiger partial charge in [0.05, 0.1) is 66.3 Å². The summed E-state index contributed by atoms with van der Waals surface area (Å²) in [5.74, 6) is 0. The summed E-state index contributed by atoms with van der Waals surface area (Å²) in [6, 6.07) is 94.2. The van der Waals surface area contributed by atoms with Crippen LogP contribution in [0.1, 0.15) is 156 Å². The summed E-state index contributed by atoms with van der Waals surface area (Å²) in [5, 5.41) is 86.4. The Balaban J connectivity index is 0.786. The molecule has 0 unspecified atom stereocenters. The highest BCUT2D eigenvalue weighted by Gasteiger charge is 2.42. The fourth-order valence-electron chi connectivity index (χ4n) is 15.2. The van der Waals surface area contributed by atoms with Gasteiger partial charge in [0.25, 0.3) is 22.7 Å². The van der Waals surface area contributed by atoms with Gasteiger partial charge < -0.3 is 9.80 Å². The summed E-state index contributed by atoms with van der Waals surface area (Å²) in [6.07, 6.45) is 26.8. The molecule has 0 aliphatic heterocycles. The van der Waals surface area contributed by atoms with Crippen molar-refractivity contribution in [2.24, 2.45) is 0 Å². The number of hydrogen-bond acceptors (Lipinski definition) is 14. The maximum atomic E-state index is 11.4. The molecule has 13 rings (SSSR count). The van der Waals surface area contributed by atoms with E-state index in [1.165, 1.54) is 70.8 Å². The summed E-state index contributed by atoms with van der Waals surface area (Å²) in [6.45, 7) is 4.51. The van der Waals surface area contributed by atoms with Gasteiger partial charge in [-0.15, -0.1) is 0 Å². The number of benzene rings is 12. The lowest BCUT2D eigenvalue weighted by Gasteiger charge is -2.33. The van der Waals surface area contributed by atoms with Gasteiger partial charge in [-0.25, -0.2) is 0 Å². The smallest absolute Gasteiger partial charge is 0.269 e. The first-order chi connectivity index (χ1) is 57.9. The van der Waals surface area contributed by atoms with Crippen molar-refractivity contribution < 1.29 is 19.7 Å². The number of unbranched alkanes of at least 4 members (excludes halogenated alkanes) is 6. The number of hydrogen-bond donors (Lipinski definition) is 0. The van der Waals surface area contributed by atoms with Crippen molar-refractivity contribution in [3.8, 4) is 35.4 Å². The first-order valence-electron chi connectivity index (χ1n) is 39.3. The van der Waals surface area contributed by atoms with Crippen LogP contribution in [0.5, 0.6) is 0 Å². The van der Waals surface area contributed by atoms with Crippen molar-refractivity contribution in [3.05, 3.63) is 397 Å². The molecule has 0 saturated heterocycles. The van der Waals surface area contributed by atoms with Gasteiger partial charge in [-0.2, -0.15) is 21.0 Å². The third-order valence-electron chi connectivity index (χ3n) is 21.4. The predicted molar refractivity (Wildman–Crippen MR) is 477 cm³/mol. The van der Waals surface area contributed by atoms with Gasteiger partial charge in [0.1, 0.15) is 0 Å². The second-order valence-electron chi connectivity index (χ2n) is 29.1. The highest BCUT2D eigenvalue weighted by Crippen LogP contribution is 2.55. The fraction of sp³-hybridized carbons (Fsp3) is 0.129. The Morgan fingerprint density at radius 2 is 0.513 bits per heavy atom. The van der Waals surface area contributed by atoms with Crippen LogP contribution >= 0.6 is 0 Å². The van der Waals surface area contributed by atoms with Crippen molar-refractivity contribution in [3.63, 3.8) is 0 Å². The summed E-state index contributed by atoms with van der Waals surface area (Å²) in [7, 11) is 0. The average molecular weight is 1560 g/mol. The maximum absolute atomic E-state index is 11.4. The van der Waals surface area contributed by atoms with E-state index >= 15 is 0 Å². The Morgan fingerprint density at radius 3 is 0.731 bits per heavy atom. The Morgan fingerprint density at radius 1 is 0.294 bits per heavy atom. The maximum Gasteiger partial charge on any atom is 0.269 e. The number of rotatable bonds is 32. The van der Waals surface area contributed by atoms with E-state index in [9.17, 15) is 61.5 Å². The van der Waals surface area contributed by atoms with Gasteiger partial charge in [-0.1, -0.05) is 199 Å². The van der Waals surface area contributed by atoms with E-state index in [1.54, 1.807) is 72.8 Å². The minimum absolute atomic E-state index is 0.0702. The number of nitro benzene ring substituents is 4. The van der Waals surface area contributed by atoms with Crippen LogP contribution in [0.4, 0.5) is 56.9 Å². The Kier molecular flexibility index (Phi) is 25.9. The topological polar surface area (TPSA) is 274 Å². The molecule has 0 aromatic heterocycles. The molecule has 0 fully saturated rings. The van der Waals surface area contributed by atoms with Gasteiger partial charge >= 0.3 is 0 Å². The van der Waals surface area contributed by atoms with Crippen molar-refractivity contribution in [2.45, 2.75) is 83.5 Å². The first kappa shape index (κ1) is 81.3. The van der Waals surface area contributed by atoms with E-state index in [4.69, 9.17) is 0 Å². The van der Waals surface area contributed by atoms with Crippen LogP contribution in [0.3, 0.4) is 0 Å². The summed E-state index contributed by atoms with van der Waals surface area (Å²) in [5.41, 5.74) is 20.5. The number of nitro groups is 4. The van der Waals surface area contributed by atoms with E-state index in [1.807, 2.05) is 97.1 Å². The summed E-state index contributed by atoms with van der Waals surface area (Å²) in [4.78, 5) is 47.9. The zero-order valence-electron chi connectivity index (χ0n) is 65.5. The van der Waals surface area contributed by atoms with E-state index < -0.39 is 19.7 Å². The third kappa shape index (κ3) is 19.4. The summed E-state index contributed by atoms with van der Waals surface area (Å²) < 4.78 is 0. The number of non-ortho nitro benzene ring substituents is 4. The molecule has 0 atom stereocenters. The fourth-order valence-corrected chi connectivity index (χ4v) is 15.2. The van der Waals surface area contributed by atoms with E-state index in [2.05, 4.69) is 157 Å². The Labute approximate surface area is 690 Å². The molecular formula is C101H80N10O8. The highest BCUT2D eigenvalue weighted by atomic mass is 16.6. The molecule has 0 saturated carbocycles. The van der Waals surface area contributed by atoms with Gasteiger partial charge in [0.2, 0.25) is 0 Å². The molecule has 0 N–H and O–H groups in total. The van der Waals surface area contributed by atoms with Crippen LogP contribution in [0.2, 0.25) is 0 Å². The number of fused-ring (bicyclic) bond motifs is 3. The standard InChI is InChI=1S/C101H80N10O8/c1-3-5-7-9-59-101(60-10-8-6-4-2)99-65-77(13-11-71-15-37-87(38-16-71)106(89-41-19-73(20-42-89)61-83(67-102)79-29-49-93(50-30-79)108(112)113)90-43-21-74(22-44-90)62-84(68-103)80-31-51-94(52-32-80)109(114)115)27-57-97(99)98-58-28-78(66-100(98)101)14-12-72-17-39-88(40-18-72)107(91-45-23-75(24-46-91)63-85(69-104)81-33-53-95(54-34-81)110(116)117)92-47-25-76(26-48-92)64-86(70-105)82-35-55-96(56-36-82)111(118)119/h11-58,61-66H,3-10,59-60H2,1-2H3/b13-11+,14-12+,83-61-,84-62+,85-63-,86-64+. The zero-order chi connectivity index (χ0) is 83.4. The van der Waals surface area contributed by atoms with Crippen molar-refractivity contribution in [1.82, 2.24) is 0 Å². The quantitative estimate of drug-likeness (QED) is 0.0125. The second kappa shape index (κ2) is 37.9. The molecule has 1 aliphatic rings. The van der Waals surface area contributed by atoms with Crippen molar-refractivity contribution in [1.29, 1.82) is 21.0 Å². The molecule has 0 amide bonds. The van der Waals surface area contributed by atoms with E-state index in [-0.39, 0.29) is 28.2 Å². The normalized spacial score (nSPS) is 12.4. The van der Waals surface area contributed by atoms with Crippen LogP contribution < -0.4 is 9.80 Å². The molecule has 12 aromatic rings. The van der Waals surface area contributed by atoms with Gasteiger partial charge in [-0.3, -0.25) is 40.5 Å². The van der Waals surface area contributed by atoms with Gasteiger partial charge in [0.15, 0.2) is 0 Å². The Hall–Kier alpha value is -15.8. The molecular weight excluding hydrogens is 1480 g/mol. The lowest BCUT2D eigenvalue weighted by molar-refractivity contribution is -0.385. The lowest BCUT2D eigenvalue weighted by Crippen LogP contribution is -2.25. The molecule has 18 nitrogen and oxygen atoms in total. The largest absolute Gasteiger partial charge is 0.311 e. The zero-order valence-corrected chi connectivity index (χ0v) is 65.5. The van der Waals surface area contributed by atoms with Crippen molar-refractivity contribution >= 4 is 128 Å². The molecule has 119 heavy (non-hydrogen) atoms. The van der Waals surface area contributed by atoms with Crippen LogP contribution in [0, 0.1) is 85.8 Å². The SMILES string of the molecule is CCCCCCC1(CCCCCC)c2cc(/C=C/c3ccc(N(c4ccc(/C=C(\C#N)c5ccc([N+](=O)[O-])cc5)cc4)c4ccc(/C=C(/C#N)c5ccc([N+](=O)[O-])cc5)cc4)cc3)ccc2-c2ccc(/C=C/c3ccc(N(c4ccc(/C=C(\C#N)c5ccc([N+](=O)[O-])cc5)cc4)c4ccc(/C=C(/C#N)c5ccc([N+](=O)[O-])cc5)cc4)cc3)cc21. The molecule has 582 valence electrons.